The summed E-state index contributed by atoms with van der Waals surface area (Å²) >= 11 is 0. The first-order chi connectivity index (χ1) is 11.0. The molecule has 136 valence electrons. The fourth-order valence-electron chi connectivity index (χ4n) is 2.19. The molecule has 1 aromatic rings. The molecule has 1 aromatic carbocycles. The minimum atomic E-state index is -0.475. The monoisotopic (exact) mass is 335 g/mol. The summed E-state index contributed by atoms with van der Waals surface area (Å²) < 4.78 is 5.31. The van der Waals surface area contributed by atoms with Gasteiger partial charge in [-0.2, -0.15) is 0 Å². The number of benzene rings is 1. The molecule has 0 radical (unpaired) electrons. The standard InChI is InChI=1S/C19H33N3O2/c1-18(2,3)24-17(23)21-19(4,5)12-13-20-14-15-8-10-16(11-9-15)22(6)7/h8-11,20H,12-14H2,1-7H3,(H,21,23). The molecule has 0 saturated heterocycles. The molecule has 0 fully saturated rings. The molecule has 2 N–H and O–H groups in total. The highest BCUT2D eigenvalue weighted by molar-refractivity contribution is 5.68. The van der Waals surface area contributed by atoms with Gasteiger partial charge in [-0.15, -0.1) is 0 Å². The van der Waals surface area contributed by atoms with Crippen molar-refractivity contribution in [3.05, 3.63) is 29.8 Å². The van der Waals surface area contributed by atoms with Crippen LogP contribution in [-0.2, 0) is 11.3 Å². The van der Waals surface area contributed by atoms with E-state index >= 15 is 0 Å². The molecule has 0 atom stereocenters. The molecule has 0 saturated carbocycles. The van der Waals surface area contributed by atoms with Crippen LogP contribution < -0.4 is 15.5 Å². The van der Waals surface area contributed by atoms with Crippen LogP contribution in [0.4, 0.5) is 10.5 Å². The average molecular weight is 335 g/mol. The van der Waals surface area contributed by atoms with E-state index in [0.717, 1.165) is 19.5 Å². The molecule has 5 heteroatoms. The number of carbonyl (C=O) groups is 1. The van der Waals surface area contributed by atoms with Crippen molar-refractivity contribution >= 4 is 11.8 Å². The lowest BCUT2D eigenvalue weighted by atomic mass is 10.0. The van der Waals surface area contributed by atoms with Crippen LogP contribution in [0, 0.1) is 0 Å². The van der Waals surface area contributed by atoms with E-state index in [0.29, 0.717) is 0 Å². The highest BCUT2D eigenvalue weighted by atomic mass is 16.6. The molecule has 1 amide bonds. The number of nitrogens with zero attached hydrogens (tertiary/aromatic N) is 1. The Labute approximate surface area is 146 Å². The van der Waals surface area contributed by atoms with E-state index in [4.69, 9.17) is 4.74 Å². The van der Waals surface area contributed by atoms with Gasteiger partial charge in [0.1, 0.15) is 5.60 Å². The number of amides is 1. The summed E-state index contributed by atoms with van der Waals surface area (Å²) in [7, 11) is 4.07. The fraction of sp³-hybridized carbons (Fsp3) is 0.632. The number of nitrogens with one attached hydrogen (secondary N) is 2. The highest BCUT2D eigenvalue weighted by Gasteiger charge is 2.24. The van der Waals surface area contributed by atoms with Crippen LogP contribution >= 0.6 is 0 Å². The molecule has 0 unspecified atom stereocenters. The Morgan fingerprint density at radius 1 is 1.08 bits per heavy atom. The smallest absolute Gasteiger partial charge is 0.408 e. The van der Waals surface area contributed by atoms with Gasteiger partial charge in [0, 0.05) is 31.9 Å². The van der Waals surface area contributed by atoms with Crippen molar-refractivity contribution in [1.82, 2.24) is 10.6 Å². The predicted octanol–water partition coefficient (Wildman–Crippen LogP) is 3.54. The summed E-state index contributed by atoms with van der Waals surface area (Å²) in [5, 5.41) is 6.35. The number of rotatable bonds is 7. The van der Waals surface area contributed by atoms with Crippen molar-refractivity contribution in [3.63, 3.8) is 0 Å². The van der Waals surface area contributed by atoms with Crippen molar-refractivity contribution in [1.29, 1.82) is 0 Å². The van der Waals surface area contributed by atoms with E-state index in [9.17, 15) is 4.79 Å². The second kappa shape index (κ2) is 8.38. The zero-order chi connectivity index (χ0) is 18.4. The van der Waals surface area contributed by atoms with Gasteiger partial charge in [-0.25, -0.2) is 4.79 Å². The Kier molecular flexibility index (Phi) is 7.08. The van der Waals surface area contributed by atoms with Crippen LogP contribution in [0.1, 0.15) is 46.6 Å². The maximum Gasteiger partial charge on any atom is 0.408 e. The molecule has 0 aromatic heterocycles. The Hall–Kier alpha value is -1.75. The lowest BCUT2D eigenvalue weighted by Gasteiger charge is -2.28. The maximum atomic E-state index is 11.9. The molecule has 1 rings (SSSR count). The quantitative estimate of drug-likeness (QED) is 0.749. The van der Waals surface area contributed by atoms with E-state index in [1.165, 1.54) is 11.3 Å². The maximum absolute atomic E-state index is 11.9. The largest absolute Gasteiger partial charge is 0.444 e. The van der Waals surface area contributed by atoms with Crippen LogP contribution in [-0.4, -0.2) is 37.9 Å². The van der Waals surface area contributed by atoms with Crippen molar-refractivity contribution in [2.24, 2.45) is 0 Å². The third kappa shape index (κ3) is 8.20. The molecular formula is C19H33N3O2. The summed E-state index contributed by atoms with van der Waals surface area (Å²) in [6.07, 6.45) is 0.453. The number of alkyl carbamates (subject to hydrolysis) is 1. The second-order valence-electron chi connectivity index (χ2n) is 8.00. The summed E-state index contributed by atoms with van der Waals surface area (Å²) in [4.78, 5) is 13.9. The predicted molar refractivity (Wildman–Crippen MR) is 101 cm³/mol. The molecular weight excluding hydrogens is 302 g/mol. The molecule has 0 heterocycles. The summed E-state index contributed by atoms with van der Waals surface area (Å²) in [6, 6.07) is 8.49. The molecule has 5 nitrogen and oxygen atoms in total. The van der Waals surface area contributed by atoms with Gasteiger partial charge in [-0.05, 0) is 65.3 Å². The van der Waals surface area contributed by atoms with Gasteiger partial charge < -0.3 is 20.3 Å². The fourth-order valence-corrected chi connectivity index (χ4v) is 2.19. The van der Waals surface area contributed by atoms with Gasteiger partial charge in [-0.3, -0.25) is 0 Å². The van der Waals surface area contributed by atoms with Crippen molar-refractivity contribution in [2.45, 2.75) is 58.7 Å². The van der Waals surface area contributed by atoms with Gasteiger partial charge in [0.25, 0.3) is 0 Å². The van der Waals surface area contributed by atoms with Gasteiger partial charge in [0.2, 0.25) is 0 Å². The van der Waals surface area contributed by atoms with Gasteiger partial charge in [0.05, 0.1) is 0 Å². The molecule has 0 bridgehead atoms. The minimum absolute atomic E-state index is 0.315. The summed E-state index contributed by atoms with van der Waals surface area (Å²) in [5.74, 6) is 0. The van der Waals surface area contributed by atoms with Gasteiger partial charge >= 0.3 is 6.09 Å². The van der Waals surface area contributed by atoms with Gasteiger partial charge in [0.15, 0.2) is 0 Å². The number of hydrogen-bond donors (Lipinski definition) is 2. The lowest BCUT2D eigenvalue weighted by Crippen LogP contribution is -2.47. The number of hydrogen-bond acceptors (Lipinski definition) is 4. The van der Waals surface area contributed by atoms with Crippen LogP contribution in [0.5, 0.6) is 0 Å². The molecule has 0 spiro atoms. The number of anilines is 1. The van der Waals surface area contributed by atoms with E-state index in [2.05, 4.69) is 39.8 Å². The Bertz CT molecular complexity index is 516. The molecule has 0 aliphatic rings. The topological polar surface area (TPSA) is 53.6 Å². The zero-order valence-electron chi connectivity index (χ0n) is 16.2. The first-order valence-corrected chi connectivity index (χ1v) is 8.47. The Balaban J connectivity index is 2.33. The third-order valence-electron chi connectivity index (χ3n) is 3.55. The van der Waals surface area contributed by atoms with E-state index in [1.54, 1.807) is 0 Å². The first kappa shape index (κ1) is 20.3. The van der Waals surface area contributed by atoms with Crippen molar-refractivity contribution < 1.29 is 9.53 Å². The van der Waals surface area contributed by atoms with Gasteiger partial charge in [-0.1, -0.05) is 12.1 Å². The zero-order valence-corrected chi connectivity index (χ0v) is 16.2. The summed E-state index contributed by atoms with van der Waals surface area (Å²) in [6.45, 7) is 11.2. The Morgan fingerprint density at radius 2 is 1.67 bits per heavy atom. The first-order valence-electron chi connectivity index (χ1n) is 8.47. The van der Waals surface area contributed by atoms with Crippen LogP contribution in [0.15, 0.2) is 24.3 Å². The highest BCUT2D eigenvalue weighted by Crippen LogP contribution is 2.13. The number of ether oxygens (including phenoxy) is 1. The Morgan fingerprint density at radius 3 is 2.17 bits per heavy atom. The van der Waals surface area contributed by atoms with Crippen molar-refractivity contribution in [2.75, 3.05) is 25.5 Å². The van der Waals surface area contributed by atoms with Crippen LogP contribution in [0.3, 0.4) is 0 Å². The van der Waals surface area contributed by atoms with E-state index < -0.39 is 5.60 Å². The average Bonchev–Trinajstić information content (AvgIpc) is 2.41. The summed E-state index contributed by atoms with van der Waals surface area (Å²) in [5.41, 5.74) is 1.65. The normalized spacial score (nSPS) is 12.0. The van der Waals surface area contributed by atoms with E-state index in [-0.39, 0.29) is 11.6 Å². The molecule has 0 aliphatic carbocycles. The molecule has 0 aliphatic heterocycles. The van der Waals surface area contributed by atoms with Crippen molar-refractivity contribution in [3.8, 4) is 0 Å². The van der Waals surface area contributed by atoms with E-state index in [1.807, 2.05) is 48.7 Å². The molecule has 24 heavy (non-hydrogen) atoms. The number of carbonyl (C=O) groups excluding carboxylic acids is 1. The lowest BCUT2D eigenvalue weighted by molar-refractivity contribution is 0.0468. The van der Waals surface area contributed by atoms with Crippen LogP contribution in [0.25, 0.3) is 0 Å². The SMILES string of the molecule is CN(C)c1ccc(CNCCC(C)(C)NC(=O)OC(C)(C)C)cc1. The second-order valence-corrected chi connectivity index (χ2v) is 8.00. The van der Waals surface area contributed by atoms with Crippen LogP contribution in [0.2, 0.25) is 0 Å². The third-order valence-corrected chi connectivity index (χ3v) is 3.55. The minimum Gasteiger partial charge on any atom is -0.444 e.